The molecule has 2 unspecified atom stereocenters. The first-order valence-electron chi connectivity index (χ1n) is 6.29. The van der Waals surface area contributed by atoms with Gasteiger partial charge in [0.15, 0.2) is 0 Å². The van der Waals surface area contributed by atoms with Crippen molar-refractivity contribution in [2.45, 2.75) is 58.0 Å². The second-order valence-electron chi connectivity index (χ2n) is 4.76. The number of nitrogens with one attached hydrogen (secondary N) is 1. The fourth-order valence-electron chi connectivity index (χ4n) is 2.58. The third-order valence-electron chi connectivity index (χ3n) is 3.98. The Morgan fingerprint density at radius 3 is 2.50 bits per heavy atom. The molecule has 3 N–H and O–H groups in total. The minimum Gasteiger partial charge on any atom is -0.296 e. The van der Waals surface area contributed by atoms with Crippen LogP contribution in [0.1, 0.15) is 46.5 Å². The third kappa shape index (κ3) is 2.76. The first kappa shape index (κ1) is 13.5. The zero-order chi connectivity index (χ0) is 12.0. The van der Waals surface area contributed by atoms with Crippen LogP contribution in [0.25, 0.3) is 0 Å². The van der Waals surface area contributed by atoms with E-state index in [4.69, 9.17) is 5.84 Å². The van der Waals surface area contributed by atoms with Crippen molar-refractivity contribution < 1.29 is 0 Å². The van der Waals surface area contributed by atoms with Gasteiger partial charge in [-0.3, -0.25) is 16.2 Å². The van der Waals surface area contributed by atoms with Crippen molar-refractivity contribution in [1.29, 1.82) is 0 Å². The molecule has 3 heteroatoms. The number of nitrogens with two attached hydrogens (primary N) is 1. The molecule has 0 saturated carbocycles. The molecule has 0 radical (unpaired) electrons. The molecule has 0 bridgehead atoms. The Kier molecular flexibility index (Phi) is 5.27. The summed E-state index contributed by atoms with van der Waals surface area (Å²) in [5, 5.41) is 0. The van der Waals surface area contributed by atoms with E-state index in [-0.39, 0.29) is 11.6 Å². The highest BCUT2D eigenvalue weighted by atomic mass is 15.3. The quantitative estimate of drug-likeness (QED) is 0.421. The van der Waals surface area contributed by atoms with Crippen LogP contribution in [0.2, 0.25) is 0 Å². The largest absolute Gasteiger partial charge is 0.296 e. The molecule has 3 nitrogen and oxygen atoms in total. The molecule has 1 heterocycles. The second-order valence-corrected chi connectivity index (χ2v) is 4.76. The lowest BCUT2D eigenvalue weighted by Crippen LogP contribution is -2.60. The highest BCUT2D eigenvalue weighted by molar-refractivity contribution is 5.05. The van der Waals surface area contributed by atoms with Crippen LogP contribution in [0.5, 0.6) is 0 Å². The predicted molar refractivity (Wildman–Crippen MR) is 68.7 cm³/mol. The number of nitrogens with zero attached hydrogens (tertiary/aromatic N) is 1. The highest BCUT2D eigenvalue weighted by Crippen LogP contribution is 2.28. The van der Waals surface area contributed by atoms with E-state index >= 15 is 0 Å². The van der Waals surface area contributed by atoms with E-state index in [1.807, 2.05) is 6.92 Å². The van der Waals surface area contributed by atoms with E-state index in [1.54, 1.807) is 0 Å². The van der Waals surface area contributed by atoms with Gasteiger partial charge in [-0.2, -0.15) is 0 Å². The first-order valence-corrected chi connectivity index (χ1v) is 6.29. The summed E-state index contributed by atoms with van der Waals surface area (Å²) < 4.78 is 0. The Balaban J connectivity index is 2.76. The summed E-state index contributed by atoms with van der Waals surface area (Å²) in [6, 6.07) is 0.253. The maximum absolute atomic E-state index is 5.70. The monoisotopic (exact) mass is 223 g/mol. The average Bonchev–Trinajstić information content (AvgIpc) is 2.83. The van der Waals surface area contributed by atoms with Crippen LogP contribution in [0.4, 0.5) is 0 Å². The molecule has 0 amide bonds. The Morgan fingerprint density at radius 2 is 2.06 bits per heavy atom. The molecule has 0 aliphatic carbocycles. The Morgan fingerprint density at radius 1 is 1.44 bits per heavy atom. The van der Waals surface area contributed by atoms with Crippen molar-refractivity contribution in [2.75, 3.05) is 13.1 Å². The topological polar surface area (TPSA) is 41.3 Å². The van der Waals surface area contributed by atoms with Crippen molar-refractivity contribution >= 4 is 0 Å². The summed E-state index contributed by atoms with van der Waals surface area (Å²) in [4.78, 5) is 2.56. The van der Waals surface area contributed by atoms with Crippen molar-refractivity contribution in [3.8, 4) is 11.8 Å². The molecule has 1 aliphatic rings. The molecule has 0 aromatic rings. The van der Waals surface area contributed by atoms with Gasteiger partial charge in [-0.25, -0.2) is 0 Å². The highest BCUT2D eigenvalue weighted by Gasteiger charge is 2.38. The summed E-state index contributed by atoms with van der Waals surface area (Å²) in [6.45, 7) is 8.82. The van der Waals surface area contributed by atoms with E-state index in [1.165, 1.54) is 25.9 Å². The molecule has 1 saturated heterocycles. The van der Waals surface area contributed by atoms with E-state index in [0.29, 0.717) is 0 Å². The lowest BCUT2D eigenvalue weighted by Gasteiger charge is -2.43. The van der Waals surface area contributed by atoms with E-state index in [0.717, 1.165) is 12.8 Å². The lowest BCUT2D eigenvalue weighted by molar-refractivity contribution is 0.0860. The van der Waals surface area contributed by atoms with Gasteiger partial charge in [-0.05, 0) is 46.2 Å². The van der Waals surface area contributed by atoms with Gasteiger partial charge in [-0.15, -0.1) is 11.8 Å². The number of hydrogen-bond donors (Lipinski definition) is 2. The lowest BCUT2D eigenvalue weighted by atomic mass is 9.86. The SMILES string of the molecule is CC#CCC(NN)C(C)(CC)N1CCCC1. The van der Waals surface area contributed by atoms with Crippen LogP contribution in [0.3, 0.4) is 0 Å². The maximum atomic E-state index is 5.70. The summed E-state index contributed by atoms with van der Waals surface area (Å²) in [5.74, 6) is 11.8. The minimum absolute atomic E-state index is 0.134. The molecular formula is C13H25N3. The first-order chi connectivity index (χ1) is 7.69. The molecule has 16 heavy (non-hydrogen) atoms. The number of rotatable bonds is 5. The third-order valence-corrected chi connectivity index (χ3v) is 3.98. The van der Waals surface area contributed by atoms with Gasteiger partial charge in [0.05, 0.1) is 6.04 Å². The van der Waals surface area contributed by atoms with Crippen molar-refractivity contribution in [2.24, 2.45) is 5.84 Å². The van der Waals surface area contributed by atoms with Crippen LogP contribution < -0.4 is 11.3 Å². The fraction of sp³-hybridized carbons (Fsp3) is 0.846. The number of likely N-dealkylation sites (tertiary alicyclic amines) is 1. The zero-order valence-corrected chi connectivity index (χ0v) is 10.8. The van der Waals surface area contributed by atoms with E-state index in [2.05, 4.69) is 36.0 Å². The van der Waals surface area contributed by atoms with E-state index < -0.39 is 0 Å². The number of hydrogen-bond acceptors (Lipinski definition) is 3. The Bertz CT molecular complexity index is 260. The van der Waals surface area contributed by atoms with Crippen LogP contribution in [-0.4, -0.2) is 29.6 Å². The molecule has 1 aliphatic heterocycles. The summed E-state index contributed by atoms with van der Waals surface area (Å²) in [6.07, 6.45) is 4.56. The van der Waals surface area contributed by atoms with Gasteiger partial charge < -0.3 is 0 Å². The molecule has 0 aromatic heterocycles. The maximum Gasteiger partial charge on any atom is 0.0501 e. The van der Waals surface area contributed by atoms with Gasteiger partial charge >= 0.3 is 0 Å². The van der Waals surface area contributed by atoms with Crippen LogP contribution in [0, 0.1) is 11.8 Å². The Labute approximate surface area is 99.7 Å². The molecule has 2 atom stereocenters. The summed E-state index contributed by atoms with van der Waals surface area (Å²) in [5.41, 5.74) is 3.10. The van der Waals surface area contributed by atoms with Crippen molar-refractivity contribution in [1.82, 2.24) is 10.3 Å². The molecular weight excluding hydrogens is 198 g/mol. The van der Waals surface area contributed by atoms with Crippen LogP contribution >= 0.6 is 0 Å². The smallest absolute Gasteiger partial charge is 0.0501 e. The van der Waals surface area contributed by atoms with Crippen molar-refractivity contribution in [3.63, 3.8) is 0 Å². The zero-order valence-electron chi connectivity index (χ0n) is 10.8. The van der Waals surface area contributed by atoms with Crippen molar-refractivity contribution in [3.05, 3.63) is 0 Å². The summed E-state index contributed by atoms with van der Waals surface area (Å²) >= 11 is 0. The Hall–Kier alpha value is -0.560. The van der Waals surface area contributed by atoms with Gasteiger partial charge in [-0.1, -0.05) is 6.92 Å². The van der Waals surface area contributed by atoms with Gasteiger partial charge in [0.25, 0.3) is 0 Å². The van der Waals surface area contributed by atoms with Gasteiger partial charge in [0.1, 0.15) is 0 Å². The average molecular weight is 223 g/mol. The van der Waals surface area contributed by atoms with Gasteiger partial charge in [0, 0.05) is 12.0 Å². The molecule has 92 valence electrons. The molecule has 0 aromatic carbocycles. The van der Waals surface area contributed by atoms with Gasteiger partial charge in [0.2, 0.25) is 0 Å². The van der Waals surface area contributed by atoms with Crippen LogP contribution in [0.15, 0.2) is 0 Å². The van der Waals surface area contributed by atoms with Crippen LogP contribution in [-0.2, 0) is 0 Å². The normalized spacial score (nSPS) is 22.2. The predicted octanol–water partition coefficient (Wildman–Crippen LogP) is 1.50. The second kappa shape index (κ2) is 6.24. The number of hydrazine groups is 1. The molecule has 1 rings (SSSR count). The molecule has 1 fully saturated rings. The minimum atomic E-state index is 0.134. The summed E-state index contributed by atoms with van der Waals surface area (Å²) in [7, 11) is 0. The standard InChI is InChI=1S/C13H25N3/c1-4-6-9-12(15-14)13(3,5-2)16-10-7-8-11-16/h12,15H,5,7-11,14H2,1-3H3. The molecule has 0 spiro atoms. The fourth-order valence-corrected chi connectivity index (χ4v) is 2.58. The van der Waals surface area contributed by atoms with E-state index in [9.17, 15) is 0 Å².